The number of hydrogen-bond donors (Lipinski definition) is 0. The fraction of sp³-hybridized carbons (Fsp3) is 0.444. The van der Waals surface area contributed by atoms with Crippen molar-refractivity contribution in [2.45, 2.75) is 18.6 Å². The molecule has 1 aliphatic heterocycles. The van der Waals surface area contributed by atoms with Gasteiger partial charge < -0.3 is 9.80 Å². The van der Waals surface area contributed by atoms with E-state index in [2.05, 4.69) is 6.58 Å². The molecule has 0 spiro atoms. The van der Waals surface area contributed by atoms with E-state index in [4.69, 9.17) is 0 Å². The molecule has 1 aliphatic rings. The summed E-state index contributed by atoms with van der Waals surface area (Å²) in [4.78, 5) is 27.3. The van der Waals surface area contributed by atoms with Gasteiger partial charge in [0.1, 0.15) is 9.84 Å². The molecule has 0 aromatic heterocycles. The van der Waals surface area contributed by atoms with Gasteiger partial charge in [-0.2, -0.15) is 13.2 Å². The van der Waals surface area contributed by atoms with E-state index in [1.807, 2.05) is 0 Å². The number of amides is 2. The fourth-order valence-electron chi connectivity index (χ4n) is 3.08. The minimum atomic E-state index is -4.45. The van der Waals surface area contributed by atoms with E-state index in [1.165, 1.54) is 21.9 Å². The normalized spacial score (nSPS) is 18.1. The van der Waals surface area contributed by atoms with Crippen molar-refractivity contribution < 1.29 is 31.2 Å². The number of benzene rings is 1. The van der Waals surface area contributed by atoms with Crippen LogP contribution in [0, 0.1) is 0 Å². The van der Waals surface area contributed by atoms with Crippen LogP contribution in [0.1, 0.15) is 11.1 Å². The van der Waals surface area contributed by atoms with Crippen molar-refractivity contribution >= 4 is 21.7 Å². The van der Waals surface area contributed by atoms with Crippen LogP contribution < -0.4 is 0 Å². The summed E-state index contributed by atoms with van der Waals surface area (Å²) in [6.45, 7) is 3.80. The minimum absolute atomic E-state index is 0.0338. The maximum absolute atomic E-state index is 12.6. The molecule has 1 saturated heterocycles. The number of piperazine rings is 1. The van der Waals surface area contributed by atoms with Gasteiger partial charge in [0.15, 0.2) is 0 Å². The maximum atomic E-state index is 12.6. The number of rotatable bonds is 5. The summed E-state index contributed by atoms with van der Waals surface area (Å²) in [5, 5.41) is 0. The molecule has 1 aromatic rings. The molecule has 1 aromatic carbocycles. The highest BCUT2D eigenvalue weighted by Crippen LogP contribution is 2.29. The van der Waals surface area contributed by atoms with Gasteiger partial charge in [-0.25, -0.2) is 8.42 Å². The van der Waals surface area contributed by atoms with Crippen molar-refractivity contribution in [1.82, 2.24) is 9.80 Å². The molecule has 1 atom stereocenters. The van der Waals surface area contributed by atoms with Gasteiger partial charge in [0, 0.05) is 25.9 Å². The lowest BCUT2D eigenvalue weighted by molar-refractivity contribution is -0.139. The van der Waals surface area contributed by atoms with Crippen LogP contribution in [0.4, 0.5) is 13.2 Å². The molecule has 1 fully saturated rings. The molecule has 1 heterocycles. The average Bonchev–Trinajstić information content (AvgIpc) is 2.59. The van der Waals surface area contributed by atoms with Gasteiger partial charge in [-0.3, -0.25) is 9.59 Å². The van der Waals surface area contributed by atoms with Crippen molar-refractivity contribution in [3.05, 3.63) is 48.0 Å². The van der Waals surface area contributed by atoms with Gasteiger partial charge in [-0.05, 0) is 23.8 Å². The number of carbonyl (C=O) groups is 2. The Balaban J connectivity index is 2.09. The Morgan fingerprint density at radius 3 is 2.32 bits per heavy atom. The molecule has 0 N–H and O–H groups in total. The summed E-state index contributed by atoms with van der Waals surface area (Å²) < 4.78 is 61.2. The predicted molar refractivity (Wildman–Crippen MR) is 97.1 cm³/mol. The van der Waals surface area contributed by atoms with Gasteiger partial charge in [-0.15, -0.1) is 0 Å². The first-order valence-corrected chi connectivity index (χ1v) is 10.5. The van der Waals surface area contributed by atoms with E-state index < -0.39 is 33.5 Å². The van der Waals surface area contributed by atoms with Crippen LogP contribution in [0.3, 0.4) is 0 Å². The predicted octanol–water partition coefficient (Wildman–Crippen LogP) is 1.52. The van der Waals surface area contributed by atoms with E-state index in [0.29, 0.717) is 5.56 Å². The van der Waals surface area contributed by atoms with Crippen molar-refractivity contribution in [3.63, 3.8) is 0 Å². The van der Waals surface area contributed by atoms with Crippen LogP contribution in [0.2, 0.25) is 0 Å². The summed E-state index contributed by atoms with van der Waals surface area (Å²) in [6, 6.07) is 3.61. The van der Waals surface area contributed by atoms with E-state index in [1.54, 1.807) is 0 Å². The summed E-state index contributed by atoms with van der Waals surface area (Å²) in [7, 11) is -3.40. The first-order valence-electron chi connectivity index (χ1n) is 8.45. The molecule has 2 amide bonds. The zero-order valence-electron chi connectivity index (χ0n) is 15.3. The molecule has 0 radical (unpaired) electrons. The van der Waals surface area contributed by atoms with Crippen molar-refractivity contribution in [2.24, 2.45) is 0 Å². The van der Waals surface area contributed by atoms with E-state index >= 15 is 0 Å². The molecule has 1 unspecified atom stereocenters. The number of sulfone groups is 1. The number of carbonyl (C=O) groups excluding carboxylic acids is 2. The molecule has 28 heavy (non-hydrogen) atoms. The Morgan fingerprint density at radius 2 is 1.82 bits per heavy atom. The van der Waals surface area contributed by atoms with Crippen LogP contribution in [0.15, 0.2) is 36.9 Å². The summed E-state index contributed by atoms with van der Waals surface area (Å²) in [6.07, 6.45) is -2.42. The monoisotopic (exact) mass is 418 g/mol. The number of hydrogen-bond acceptors (Lipinski definition) is 4. The Kier molecular flexibility index (Phi) is 6.53. The second-order valence-electron chi connectivity index (χ2n) is 6.69. The lowest BCUT2D eigenvalue weighted by Gasteiger charge is -2.40. The largest absolute Gasteiger partial charge is 0.416 e. The second-order valence-corrected chi connectivity index (χ2v) is 8.88. The molecule has 0 bridgehead atoms. The minimum Gasteiger partial charge on any atom is -0.339 e. The zero-order valence-corrected chi connectivity index (χ0v) is 16.1. The number of nitrogens with zero attached hydrogens (tertiary/aromatic N) is 2. The lowest BCUT2D eigenvalue weighted by atomic mass is 10.1. The highest BCUT2D eigenvalue weighted by atomic mass is 32.2. The van der Waals surface area contributed by atoms with Gasteiger partial charge in [0.05, 0.1) is 23.8 Å². The standard InChI is InChI=1S/C18H21F3N2O4S/c1-3-16(24)23-9-8-22(11-15(23)12-28(2,26)27)17(25)10-13-4-6-14(7-5-13)18(19,20)21/h3-7,15H,1,8-12H2,2H3. The van der Waals surface area contributed by atoms with Crippen LogP contribution >= 0.6 is 0 Å². The molecule has 0 saturated carbocycles. The third-order valence-electron chi connectivity index (χ3n) is 4.42. The lowest BCUT2D eigenvalue weighted by Crippen LogP contribution is -2.58. The fourth-order valence-corrected chi connectivity index (χ4v) is 4.06. The summed E-state index contributed by atoms with van der Waals surface area (Å²) >= 11 is 0. The molecule has 10 heteroatoms. The Hall–Kier alpha value is -2.36. The van der Waals surface area contributed by atoms with Gasteiger partial charge in [0.2, 0.25) is 11.8 Å². The smallest absolute Gasteiger partial charge is 0.339 e. The summed E-state index contributed by atoms with van der Waals surface area (Å²) in [5.41, 5.74) is -0.379. The molecular formula is C18H21F3N2O4S. The SMILES string of the molecule is C=CC(=O)N1CCN(C(=O)Cc2ccc(C(F)(F)F)cc2)CC1CS(C)(=O)=O. The van der Waals surface area contributed by atoms with Crippen LogP contribution in [0.5, 0.6) is 0 Å². The molecular weight excluding hydrogens is 397 g/mol. The van der Waals surface area contributed by atoms with Crippen LogP contribution in [-0.2, 0) is 32.0 Å². The Labute approximate surface area is 161 Å². The van der Waals surface area contributed by atoms with Crippen LogP contribution in [0.25, 0.3) is 0 Å². The maximum Gasteiger partial charge on any atom is 0.416 e. The Bertz CT molecular complexity index is 851. The van der Waals surface area contributed by atoms with Crippen molar-refractivity contribution in [1.29, 1.82) is 0 Å². The second kappa shape index (κ2) is 8.34. The summed E-state index contributed by atoms with van der Waals surface area (Å²) in [5.74, 6) is -1.05. The molecule has 154 valence electrons. The quantitative estimate of drug-likeness (QED) is 0.680. The van der Waals surface area contributed by atoms with Gasteiger partial charge in [-0.1, -0.05) is 18.7 Å². The number of halogens is 3. The van der Waals surface area contributed by atoms with E-state index in [0.717, 1.165) is 24.5 Å². The highest BCUT2D eigenvalue weighted by Gasteiger charge is 2.34. The van der Waals surface area contributed by atoms with Crippen LogP contribution in [-0.4, -0.2) is 67.7 Å². The average molecular weight is 418 g/mol. The zero-order chi connectivity index (χ0) is 21.1. The molecule has 0 aliphatic carbocycles. The number of alkyl halides is 3. The topological polar surface area (TPSA) is 74.8 Å². The van der Waals surface area contributed by atoms with E-state index in [9.17, 15) is 31.2 Å². The Morgan fingerprint density at radius 1 is 1.21 bits per heavy atom. The highest BCUT2D eigenvalue weighted by molar-refractivity contribution is 7.90. The third-order valence-corrected chi connectivity index (χ3v) is 5.42. The first-order chi connectivity index (χ1) is 12.9. The van der Waals surface area contributed by atoms with Gasteiger partial charge >= 0.3 is 6.18 Å². The van der Waals surface area contributed by atoms with Crippen molar-refractivity contribution in [2.75, 3.05) is 31.6 Å². The third kappa shape index (κ3) is 5.82. The van der Waals surface area contributed by atoms with E-state index in [-0.39, 0.29) is 37.7 Å². The van der Waals surface area contributed by atoms with Gasteiger partial charge in [0.25, 0.3) is 0 Å². The molecule has 6 nitrogen and oxygen atoms in total. The molecule has 2 rings (SSSR count). The van der Waals surface area contributed by atoms with Crippen molar-refractivity contribution in [3.8, 4) is 0 Å². The first kappa shape index (κ1) is 21.9.